The predicted octanol–water partition coefficient (Wildman–Crippen LogP) is 1.65. The van der Waals surface area contributed by atoms with Crippen LogP contribution in [-0.2, 0) is 33.5 Å². The van der Waals surface area contributed by atoms with Crippen molar-refractivity contribution < 1.29 is 44.0 Å². The number of hydrogen-bond acceptors (Lipinski definition) is 5. The molecular formula is C6H16O5Ti. The van der Waals surface area contributed by atoms with Crippen molar-refractivity contribution >= 4 is 0 Å². The molecule has 0 aliphatic heterocycles. The summed E-state index contributed by atoms with van der Waals surface area (Å²) in [5.41, 5.74) is 0. The summed E-state index contributed by atoms with van der Waals surface area (Å²) in [6, 6.07) is 0. The molecule has 0 heterocycles. The van der Waals surface area contributed by atoms with E-state index in [1.54, 1.807) is 27.7 Å². The summed E-state index contributed by atoms with van der Waals surface area (Å²) < 4.78 is 8.25. The van der Waals surface area contributed by atoms with Crippen LogP contribution >= 0.6 is 0 Å². The zero-order chi connectivity index (χ0) is 10.6. The quantitative estimate of drug-likeness (QED) is 0.417. The van der Waals surface area contributed by atoms with Gasteiger partial charge in [-0.1, -0.05) is 0 Å². The van der Waals surface area contributed by atoms with E-state index in [1.165, 1.54) is 0 Å². The molecule has 0 radical (unpaired) electrons. The Morgan fingerprint density at radius 3 is 1.00 bits per heavy atom. The van der Waals surface area contributed by atoms with Crippen LogP contribution in [0.4, 0.5) is 0 Å². The molecule has 0 fully saturated rings. The fourth-order valence-electron chi connectivity index (χ4n) is 0. The van der Waals surface area contributed by atoms with Gasteiger partial charge in [0, 0.05) is 0 Å². The molecule has 0 aliphatic carbocycles. The molecule has 0 aromatic rings. The van der Waals surface area contributed by atoms with E-state index >= 15 is 0 Å². The monoisotopic (exact) mass is 216 g/mol. The zero-order valence-electron chi connectivity index (χ0n) is 7.77. The summed E-state index contributed by atoms with van der Waals surface area (Å²) >= 11 is 0.750. The van der Waals surface area contributed by atoms with Crippen molar-refractivity contribution in [1.29, 1.82) is 0 Å². The maximum atomic E-state index is 8.25. The molecule has 0 rings (SSSR count). The van der Waals surface area contributed by atoms with Crippen LogP contribution in [0.25, 0.3) is 0 Å². The Hall–Kier alpha value is 0.354. The van der Waals surface area contributed by atoms with Gasteiger partial charge in [-0.2, -0.15) is 0 Å². The van der Waals surface area contributed by atoms with Crippen LogP contribution in [-0.4, -0.2) is 22.7 Å². The molecular weight excluding hydrogens is 200 g/mol. The Morgan fingerprint density at radius 2 is 1.00 bits per heavy atom. The van der Waals surface area contributed by atoms with Crippen molar-refractivity contribution in [1.82, 2.24) is 0 Å². The van der Waals surface area contributed by atoms with Gasteiger partial charge in [0.1, 0.15) is 0 Å². The molecule has 0 spiro atoms. The van der Waals surface area contributed by atoms with E-state index in [0.29, 0.717) is 0 Å². The van der Waals surface area contributed by atoms with Crippen LogP contribution in [0.5, 0.6) is 0 Å². The summed E-state index contributed by atoms with van der Waals surface area (Å²) in [4.78, 5) is 7.50. The molecule has 74 valence electrons. The zero-order valence-corrected chi connectivity index (χ0v) is 9.34. The molecule has 0 aliphatic rings. The third kappa shape index (κ3) is 47.8. The summed E-state index contributed by atoms with van der Waals surface area (Å²) in [6.07, 6.45) is -0.120. The van der Waals surface area contributed by atoms with Crippen LogP contribution in [0.3, 0.4) is 0 Å². The van der Waals surface area contributed by atoms with Gasteiger partial charge in [0.05, 0.1) is 12.2 Å². The van der Waals surface area contributed by atoms with Gasteiger partial charge in [0.15, 0.2) is 0 Å². The number of hydrogen-bond donors (Lipinski definition) is 2. The van der Waals surface area contributed by atoms with Gasteiger partial charge >= 0.3 is 23.7 Å². The van der Waals surface area contributed by atoms with E-state index < -0.39 is 0 Å². The topological polar surface area (TPSA) is 76.0 Å². The fourth-order valence-corrected chi connectivity index (χ4v) is 0. The van der Waals surface area contributed by atoms with Gasteiger partial charge < -0.3 is 0 Å². The van der Waals surface area contributed by atoms with E-state index in [2.05, 4.69) is 9.78 Å². The second-order valence-corrected chi connectivity index (χ2v) is 2.31. The van der Waals surface area contributed by atoms with Crippen LogP contribution in [0.2, 0.25) is 0 Å². The first-order valence-corrected chi connectivity index (χ1v) is 3.99. The fraction of sp³-hybridized carbons (Fsp3) is 1.00. The Bertz CT molecular complexity index is 61.0. The van der Waals surface area contributed by atoms with Crippen LogP contribution < -0.4 is 0 Å². The van der Waals surface area contributed by atoms with Crippen molar-refractivity contribution in [3.8, 4) is 0 Å². The van der Waals surface area contributed by atoms with E-state index in [0.717, 1.165) is 20.4 Å². The molecule has 5 nitrogen and oxygen atoms in total. The van der Waals surface area contributed by atoms with Gasteiger partial charge in [-0.3, -0.25) is 10.5 Å². The van der Waals surface area contributed by atoms with Crippen LogP contribution in [0, 0.1) is 0 Å². The summed E-state index contributed by atoms with van der Waals surface area (Å²) in [6.45, 7) is 7.00. The van der Waals surface area contributed by atoms with Crippen molar-refractivity contribution in [2.24, 2.45) is 0 Å². The Kier molecular flexibility index (Phi) is 26.5. The van der Waals surface area contributed by atoms with Gasteiger partial charge in [-0.25, -0.2) is 9.78 Å². The third-order valence-electron chi connectivity index (χ3n) is 0.422. The Labute approximate surface area is 84.3 Å². The molecule has 0 saturated heterocycles. The van der Waals surface area contributed by atoms with Gasteiger partial charge in [0.2, 0.25) is 0 Å². The molecule has 2 N–H and O–H groups in total. The molecule has 0 atom stereocenters. The molecule has 0 amide bonds. The van der Waals surface area contributed by atoms with E-state index in [1.807, 2.05) is 0 Å². The molecule has 0 saturated carbocycles. The van der Waals surface area contributed by atoms with E-state index in [-0.39, 0.29) is 12.2 Å². The predicted molar refractivity (Wildman–Crippen MR) is 38.4 cm³/mol. The molecule has 12 heavy (non-hydrogen) atoms. The minimum atomic E-state index is -0.0602. The molecule has 0 bridgehead atoms. The second-order valence-electron chi connectivity index (χ2n) is 2.31. The van der Waals surface area contributed by atoms with Gasteiger partial charge in [-0.15, -0.1) is 0 Å². The first-order chi connectivity index (χ1) is 5.54. The molecule has 6 heteroatoms. The second kappa shape index (κ2) is 17.4. The average Bonchev–Trinajstić information content (AvgIpc) is 2.09. The standard InChI is InChI=1S/2C3H8O2.O.Ti/c2*1-3(2)5-4;;/h2*3-4H,1-2H3;;. The van der Waals surface area contributed by atoms with Crippen LogP contribution in [0.15, 0.2) is 0 Å². The third-order valence-corrected chi connectivity index (χ3v) is 0.422. The average molecular weight is 216 g/mol. The molecule has 0 unspecified atom stereocenters. The molecule has 0 aromatic heterocycles. The van der Waals surface area contributed by atoms with Crippen molar-refractivity contribution in [3.05, 3.63) is 0 Å². The Balaban J connectivity index is -0.000000112. The normalized spacial score (nSPS) is 8.25. The maximum absolute atomic E-state index is 8.25. The van der Waals surface area contributed by atoms with Crippen LogP contribution in [0.1, 0.15) is 27.7 Å². The summed E-state index contributed by atoms with van der Waals surface area (Å²) in [5, 5.41) is 15.3. The summed E-state index contributed by atoms with van der Waals surface area (Å²) in [5.74, 6) is 0. The SMILES string of the molecule is CC(C)OO.CC(C)OO.[O]=[Ti]. The van der Waals surface area contributed by atoms with E-state index in [9.17, 15) is 0 Å². The number of rotatable bonds is 2. The van der Waals surface area contributed by atoms with Crippen molar-refractivity contribution in [2.45, 2.75) is 39.9 Å². The first kappa shape index (κ1) is 18.2. The summed E-state index contributed by atoms with van der Waals surface area (Å²) in [7, 11) is 0. The van der Waals surface area contributed by atoms with Gasteiger partial charge in [-0.05, 0) is 27.7 Å². The minimum absolute atomic E-state index is 0.0602. The first-order valence-electron chi connectivity index (χ1n) is 3.35. The Morgan fingerprint density at radius 1 is 0.917 bits per heavy atom. The van der Waals surface area contributed by atoms with E-state index in [4.69, 9.17) is 13.8 Å². The van der Waals surface area contributed by atoms with Gasteiger partial charge in [0.25, 0.3) is 0 Å². The van der Waals surface area contributed by atoms with Crippen molar-refractivity contribution in [2.75, 3.05) is 0 Å². The van der Waals surface area contributed by atoms with Crippen molar-refractivity contribution in [3.63, 3.8) is 0 Å². The molecule has 0 aromatic carbocycles.